The first-order chi connectivity index (χ1) is 16.5. The van der Waals surface area contributed by atoms with Gasteiger partial charge in [0.15, 0.2) is 0 Å². The summed E-state index contributed by atoms with van der Waals surface area (Å²) >= 11 is 0. The zero-order valence-corrected chi connectivity index (χ0v) is 22.8. The molecule has 2 aromatic heterocycles. The monoisotopic (exact) mass is 497 g/mol. The summed E-state index contributed by atoms with van der Waals surface area (Å²) in [5, 5.41) is 17.3. The second-order valence-electron chi connectivity index (χ2n) is 7.65. The maximum absolute atomic E-state index is 11.2. The molecule has 0 saturated carbocycles. The van der Waals surface area contributed by atoms with Gasteiger partial charge in [0.25, 0.3) is 0 Å². The van der Waals surface area contributed by atoms with Crippen molar-refractivity contribution < 1.29 is 4.21 Å². The van der Waals surface area contributed by atoms with Crippen molar-refractivity contribution in [3.05, 3.63) is 35.7 Å². The van der Waals surface area contributed by atoms with E-state index in [0.29, 0.717) is 11.8 Å². The SMILES string of the molecule is CCC.CN(C)c1nc(S(C)=O)ncc1/C=C/C#N.CN(C)c1ncc(/C=C/C#N)c(N(C)C)n1. The second-order valence-corrected chi connectivity index (χ2v) is 8.92. The maximum Gasteiger partial charge on any atom is 0.226 e. The number of allylic oxidation sites excluding steroid dienone is 2. The van der Waals surface area contributed by atoms with Gasteiger partial charge in [-0.15, -0.1) is 0 Å². The van der Waals surface area contributed by atoms with Crippen molar-refractivity contribution in [2.75, 3.05) is 63.2 Å². The topological polar surface area (TPSA) is 126 Å². The highest BCUT2D eigenvalue weighted by molar-refractivity contribution is 7.84. The lowest BCUT2D eigenvalue weighted by Gasteiger charge is -2.17. The molecule has 0 amide bonds. The first-order valence-corrected chi connectivity index (χ1v) is 12.3. The zero-order chi connectivity index (χ0) is 27.0. The minimum absolute atomic E-state index is 0.290. The van der Waals surface area contributed by atoms with E-state index in [-0.39, 0.29) is 5.16 Å². The Morgan fingerprint density at radius 1 is 0.829 bits per heavy atom. The van der Waals surface area contributed by atoms with E-state index in [9.17, 15) is 4.21 Å². The third-order valence-corrected chi connectivity index (χ3v) is 4.45. The van der Waals surface area contributed by atoms with E-state index in [0.717, 1.165) is 16.9 Å². The molecule has 2 heterocycles. The van der Waals surface area contributed by atoms with Gasteiger partial charge in [0.2, 0.25) is 11.1 Å². The van der Waals surface area contributed by atoms with E-state index >= 15 is 0 Å². The smallest absolute Gasteiger partial charge is 0.226 e. The standard InChI is InChI=1S/C11H15N5.C10H12N4OS.C3H8/c1-15(2)10-9(6-5-7-12)8-13-11(14-10)16(3)4;1-14(2)9-8(5-4-6-11)7-12-10(13-9)16(3)15;1-3-2/h5-6,8H,1-4H3;4-5,7H,1-3H3;3H2,1-2H3/b6-5+;5-4+;. The summed E-state index contributed by atoms with van der Waals surface area (Å²) in [7, 11) is 10.0. The quantitative estimate of drug-likeness (QED) is 0.433. The Bertz CT molecular complexity index is 1100. The molecule has 1 atom stereocenters. The fourth-order valence-corrected chi connectivity index (χ4v) is 2.72. The molecular formula is C24H35N9OS. The van der Waals surface area contributed by atoms with Crippen molar-refractivity contribution in [1.82, 2.24) is 19.9 Å². The van der Waals surface area contributed by atoms with Crippen LogP contribution in [0, 0.1) is 22.7 Å². The van der Waals surface area contributed by atoms with Crippen LogP contribution in [0.4, 0.5) is 17.6 Å². The lowest BCUT2D eigenvalue weighted by atomic mass is 10.2. The predicted molar refractivity (Wildman–Crippen MR) is 145 cm³/mol. The molecule has 188 valence electrons. The van der Waals surface area contributed by atoms with Crippen molar-refractivity contribution in [2.45, 2.75) is 25.4 Å². The summed E-state index contributed by atoms with van der Waals surface area (Å²) in [4.78, 5) is 22.3. The van der Waals surface area contributed by atoms with Crippen LogP contribution < -0.4 is 14.7 Å². The highest BCUT2D eigenvalue weighted by Crippen LogP contribution is 2.19. The first kappa shape index (κ1) is 31.2. The van der Waals surface area contributed by atoms with Gasteiger partial charge in [-0.05, 0) is 12.2 Å². The Balaban J connectivity index is 0.000000594. The summed E-state index contributed by atoms with van der Waals surface area (Å²) in [5.74, 6) is 2.09. The van der Waals surface area contributed by atoms with E-state index in [2.05, 4.69) is 33.8 Å². The molecule has 0 radical (unpaired) electrons. The van der Waals surface area contributed by atoms with Crippen LogP contribution in [-0.2, 0) is 10.8 Å². The minimum atomic E-state index is -1.21. The minimum Gasteiger partial charge on any atom is -0.362 e. The van der Waals surface area contributed by atoms with E-state index in [1.807, 2.05) is 64.2 Å². The first-order valence-electron chi connectivity index (χ1n) is 10.8. The number of nitrogens with zero attached hydrogens (tertiary/aromatic N) is 9. The Morgan fingerprint density at radius 3 is 1.63 bits per heavy atom. The third kappa shape index (κ3) is 11.2. The molecule has 10 nitrogen and oxygen atoms in total. The second kappa shape index (κ2) is 16.7. The largest absolute Gasteiger partial charge is 0.362 e. The van der Waals surface area contributed by atoms with Crippen LogP contribution >= 0.6 is 0 Å². The van der Waals surface area contributed by atoms with Gasteiger partial charge in [0.1, 0.15) is 11.6 Å². The van der Waals surface area contributed by atoms with Gasteiger partial charge >= 0.3 is 0 Å². The van der Waals surface area contributed by atoms with Crippen molar-refractivity contribution in [3.8, 4) is 12.1 Å². The summed E-state index contributed by atoms with van der Waals surface area (Å²) in [6.07, 6.45) is 12.2. The molecular weight excluding hydrogens is 462 g/mol. The molecule has 0 bridgehead atoms. The molecule has 11 heteroatoms. The summed E-state index contributed by atoms with van der Waals surface area (Å²) in [6.45, 7) is 4.25. The van der Waals surface area contributed by atoms with Gasteiger partial charge in [0, 0.05) is 84.2 Å². The van der Waals surface area contributed by atoms with E-state index in [1.54, 1.807) is 29.4 Å². The van der Waals surface area contributed by atoms with Crippen molar-refractivity contribution in [2.24, 2.45) is 0 Å². The van der Waals surface area contributed by atoms with E-state index in [4.69, 9.17) is 10.5 Å². The number of anilines is 3. The van der Waals surface area contributed by atoms with Crippen LogP contribution in [0.25, 0.3) is 12.2 Å². The molecule has 0 aromatic carbocycles. The predicted octanol–water partition coefficient (Wildman–Crippen LogP) is 3.38. The van der Waals surface area contributed by atoms with Crippen molar-refractivity contribution >= 4 is 40.5 Å². The van der Waals surface area contributed by atoms with Gasteiger partial charge in [-0.3, -0.25) is 4.21 Å². The number of nitriles is 2. The van der Waals surface area contributed by atoms with Gasteiger partial charge < -0.3 is 14.7 Å². The van der Waals surface area contributed by atoms with E-state index < -0.39 is 10.8 Å². The fourth-order valence-electron chi connectivity index (χ4n) is 2.30. The zero-order valence-electron chi connectivity index (χ0n) is 22.0. The molecule has 0 aliphatic rings. The molecule has 1 unspecified atom stereocenters. The summed E-state index contributed by atoms with van der Waals surface area (Å²) in [6, 6.07) is 3.86. The highest BCUT2D eigenvalue weighted by Gasteiger charge is 2.09. The molecule has 0 saturated heterocycles. The summed E-state index contributed by atoms with van der Waals surface area (Å²) in [5.41, 5.74) is 1.55. The average molecular weight is 498 g/mol. The number of hydrogen-bond donors (Lipinski definition) is 0. The van der Waals surface area contributed by atoms with Gasteiger partial charge in [-0.1, -0.05) is 20.3 Å². The molecule has 0 N–H and O–H groups in total. The Kier molecular flexibility index (Phi) is 14.9. The molecule has 35 heavy (non-hydrogen) atoms. The third-order valence-electron chi connectivity index (χ3n) is 3.74. The Morgan fingerprint density at radius 2 is 1.26 bits per heavy atom. The van der Waals surface area contributed by atoms with Crippen LogP contribution in [0.15, 0.2) is 29.7 Å². The molecule has 2 rings (SSSR count). The fraction of sp³-hybridized carbons (Fsp3) is 0.417. The van der Waals surface area contributed by atoms with Crippen molar-refractivity contribution in [3.63, 3.8) is 0 Å². The van der Waals surface area contributed by atoms with Crippen LogP contribution in [0.1, 0.15) is 31.4 Å². The average Bonchev–Trinajstić information content (AvgIpc) is 2.81. The van der Waals surface area contributed by atoms with Gasteiger partial charge in [0.05, 0.1) is 22.9 Å². The van der Waals surface area contributed by atoms with Crippen LogP contribution in [0.2, 0.25) is 0 Å². The molecule has 0 aliphatic heterocycles. The summed E-state index contributed by atoms with van der Waals surface area (Å²) < 4.78 is 11.2. The number of hydrogen-bond acceptors (Lipinski definition) is 10. The van der Waals surface area contributed by atoms with E-state index in [1.165, 1.54) is 24.8 Å². The lowest BCUT2D eigenvalue weighted by molar-refractivity contribution is 0.679. The normalized spacial score (nSPS) is 10.8. The molecule has 2 aromatic rings. The Labute approximate surface area is 211 Å². The van der Waals surface area contributed by atoms with Crippen LogP contribution in [0.5, 0.6) is 0 Å². The highest BCUT2D eigenvalue weighted by atomic mass is 32.2. The number of aromatic nitrogens is 4. The van der Waals surface area contributed by atoms with Crippen molar-refractivity contribution in [1.29, 1.82) is 10.5 Å². The lowest BCUT2D eigenvalue weighted by Crippen LogP contribution is -2.17. The van der Waals surface area contributed by atoms with Gasteiger partial charge in [-0.25, -0.2) is 15.0 Å². The van der Waals surface area contributed by atoms with Gasteiger partial charge in [-0.2, -0.15) is 15.5 Å². The van der Waals surface area contributed by atoms with Crippen LogP contribution in [0.3, 0.4) is 0 Å². The molecule has 0 fully saturated rings. The maximum atomic E-state index is 11.2. The Hall–Kier alpha value is -3.83. The molecule has 0 aliphatic carbocycles. The number of rotatable bonds is 6. The molecule has 0 spiro atoms. The van der Waals surface area contributed by atoms with Crippen LogP contribution in [-0.4, -0.2) is 72.7 Å².